The van der Waals surface area contributed by atoms with Crippen LogP contribution >= 0.6 is 0 Å². The van der Waals surface area contributed by atoms with Crippen molar-refractivity contribution in [2.24, 2.45) is 0 Å². The maximum Gasteiger partial charge on any atom is 0.224 e. The summed E-state index contributed by atoms with van der Waals surface area (Å²) in [4.78, 5) is 14.5. The van der Waals surface area contributed by atoms with E-state index in [4.69, 9.17) is 0 Å². The van der Waals surface area contributed by atoms with Gasteiger partial charge in [-0.1, -0.05) is 6.07 Å². The van der Waals surface area contributed by atoms with Crippen molar-refractivity contribution in [3.05, 3.63) is 41.9 Å². The van der Waals surface area contributed by atoms with E-state index < -0.39 is 6.10 Å². The number of aryl methyl sites for hydroxylation is 1. The molecule has 2 aromatic rings. The maximum atomic E-state index is 10.0. The first-order valence-electron chi connectivity index (χ1n) is 6.40. The van der Waals surface area contributed by atoms with Crippen LogP contribution in [0.5, 0.6) is 0 Å². The van der Waals surface area contributed by atoms with Crippen molar-refractivity contribution in [3.8, 4) is 0 Å². The number of aliphatic hydroxyl groups excluding tert-OH is 1. The zero-order chi connectivity index (χ0) is 14.5. The highest BCUT2D eigenvalue weighted by atomic mass is 16.3. The van der Waals surface area contributed by atoms with E-state index in [9.17, 15) is 5.11 Å². The van der Waals surface area contributed by atoms with Crippen LogP contribution in [-0.2, 0) is 0 Å². The van der Waals surface area contributed by atoms with Crippen molar-refractivity contribution in [3.63, 3.8) is 0 Å². The van der Waals surface area contributed by atoms with E-state index in [-0.39, 0.29) is 0 Å². The number of aromatic nitrogens is 3. The number of nitrogens with zero attached hydrogens (tertiary/aromatic N) is 4. The summed E-state index contributed by atoms with van der Waals surface area (Å²) < 4.78 is 0. The number of pyridine rings is 1. The molecule has 106 valence electrons. The van der Waals surface area contributed by atoms with Gasteiger partial charge in [-0.2, -0.15) is 4.98 Å². The van der Waals surface area contributed by atoms with Gasteiger partial charge in [-0.25, -0.2) is 4.98 Å². The van der Waals surface area contributed by atoms with Crippen LogP contribution in [0.4, 0.5) is 11.8 Å². The molecule has 6 nitrogen and oxygen atoms in total. The third-order valence-corrected chi connectivity index (χ3v) is 2.89. The lowest BCUT2D eigenvalue weighted by Gasteiger charge is -2.16. The summed E-state index contributed by atoms with van der Waals surface area (Å²) in [5, 5.41) is 13.1. The lowest BCUT2D eigenvalue weighted by Crippen LogP contribution is -2.17. The molecule has 1 atom stereocenters. The van der Waals surface area contributed by atoms with Gasteiger partial charge in [0.15, 0.2) is 0 Å². The van der Waals surface area contributed by atoms with Gasteiger partial charge < -0.3 is 15.3 Å². The second kappa shape index (κ2) is 6.29. The zero-order valence-electron chi connectivity index (χ0n) is 11.9. The zero-order valence-corrected chi connectivity index (χ0v) is 11.9. The van der Waals surface area contributed by atoms with E-state index in [0.29, 0.717) is 12.5 Å². The molecule has 0 radical (unpaired) electrons. The Morgan fingerprint density at radius 1 is 1.35 bits per heavy atom. The molecule has 0 aliphatic carbocycles. The molecule has 0 amide bonds. The van der Waals surface area contributed by atoms with Crippen molar-refractivity contribution < 1.29 is 5.11 Å². The summed E-state index contributed by atoms with van der Waals surface area (Å²) in [6.07, 6.45) is 4.45. The van der Waals surface area contributed by atoms with Gasteiger partial charge >= 0.3 is 0 Å². The first-order valence-corrected chi connectivity index (χ1v) is 6.40. The Labute approximate surface area is 118 Å². The standard InChI is InChI=1S/C14H19N5O/c1-10-7-16-14(18-13(10)19(2)3)17-9-12(20)11-5-4-6-15-8-11/h4-8,12,20H,9H2,1-3H3,(H,16,17,18)/t12-/m1/s1. The van der Waals surface area contributed by atoms with Gasteiger partial charge in [0.25, 0.3) is 0 Å². The van der Waals surface area contributed by atoms with Gasteiger partial charge in [0.1, 0.15) is 5.82 Å². The average molecular weight is 273 g/mol. The van der Waals surface area contributed by atoms with Gasteiger partial charge in [-0.05, 0) is 13.0 Å². The van der Waals surface area contributed by atoms with Crippen molar-refractivity contribution >= 4 is 11.8 Å². The molecule has 20 heavy (non-hydrogen) atoms. The third kappa shape index (κ3) is 3.42. The van der Waals surface area contributed by atoms with Crippen LogP contribution < -0.4 is 10.2 Å². The van der Waals surface area contributed by atoms with Crippen LogP contribution in [0.25, 0.3) is 0 Å². The number of nitrogens with one attached hydrogen (secondary N) is 1. The number of anilines is 2. The number of hydrogen-bond donors (Lipinski definition) is 2. The van der Waals surface area contributed by atoms with E-state index in [1.54, 1.807) is 24.7 Å². The van der Waals surface area contributed by atoms with Gasteiger partial charge in [0.2, 0.25) is 5.95 Å². The number of hydrogen-bond acceptors (Lipinski definition) is 6. The third-order valence-electron chi connectivity index (χ3n) is 2.89. The lowest BCUT2D eigenvalue weighted by molar-refractivity contribution is 0.191. The molecule has 2 N–H and O–H groups in total. The highest BCUT2D eigenvalue weighted by molar-refractivity contribution is 5.47. The van der Waals surface area contributed by atoms with E-state index in [2.05, 4.69) is 20.3 Å². The SMILES string of the molecule is Cc1cnc(NC[C@@H](O)c2cccnc2)nc1N(C)C. The molecule has 0 spiro atoms. The Bertz CT molecular complexity index is 559. The van der Waals surface area contributed by atoms with Crippen molar-refractivity contribution in [1.29, 1.82) is 0 Å². The van der Waals surface area contributed by atoms with E-state index in [1.807, 2.05) is 32.0 Å². The minimum Gasteiger partial charge on any atom is -0.387 e. The minimum absolute atomic E-state index is 0.335. The summed E-state index contributed by atoms with van der Waals surface area (Å²) >= 11 is 0. The molecule has 0 bridgehead atoms. The maximum absolute atomic E-state index is 10.0. The minimum atomic E-state index is -0.642. The molecular formula is C14H19N5O. The van der Waals surface area contributed by atoms with Crippen molar-refractivity contribution in [2.45, 2.75) is 13.0 Å². The molecule has 0 unspecified atom stereocenters. The van der Waals surface area contributed by atoms with Crippen LogP contribution in [0, 0.1) is 6.92 Å². The van der Waals surface area contributed by atoms with Gasteiger partial charge in [-0.3, -0.25) is 4.98 Å². The fourth-order valence-corrected chi connectivity index (χ4v) is 1.85. The monoisotopic (exact) mass is 273 g/mol. The predicted molar refractivity (Wildman–Crippen MR) is 78.8 cm³/mol. The van der Waals surface area contributed by atoms with Crippen LogP contribution in [0.15, 0.2) is 30.7 Å². The molecule has 0 saturated heterocycles. The fourth-order valence-electron chi connectivity index (χ4n) is 1.85. The average Bonchev–Trinajstić information content (AvgIpc) is 2.46. The van der Waals surface area contributed by atoms with Gasteiger partial charge in [0.05, 0.1) is 6.10 Å². The lowest BCUT2D eigenvalue weighted by atomic mass is 10.2. The second-order valence-electron chi connectivity index (χ2n) is 4.78. The van der Waals surface area contributed by atoms with Gasteiger partial charge in [0, 0.05) is 50.4 Å². The molecule has 6 heteroatoms. The van der Waals surface area contributed by atoms with E-state index in [0.717, 1.165) is 16.9 Å². The Kier molecular flexibility index (Phi) is 4.47. The fraction of sp³-hybridized carbons (Fsp3) is 0.357. The van der Waals surface area contributed by atoms with Crippen molar-refractivity contribution in [1.82, 2.24) is 15.0 Å². The quantitative estimate of drug-likeness (QED) is 0.857. The Hall–Kier alpha value is -2.21. The molecular weight excluding hydrogens is 254 g/mol. The Balaban J connectivity index is 2.02. The molecule has 0 aromatic carbocycles. The normalized spacial score (nSPS) is 12.0. The summed E-state index contributed by atoms with van der Waals surface area (Å²) in [5.74, 6) is 1.36. The number of rotatable bonds is 5. The van der Waals surface area contributed by atoms with Crippen LogP contribution in [0.2, 0.25) is 0 Å². The number of aliphatic hydroxyl groups is 1. The van der Waals surface area contributed by atoms with Crippen LogP contribution in [0.3, 0.4) is 0 Å². The van der Waals surface area contributed by atoms with Crippen LogP contribution in [0.1, 0.15) is 17.2 Å². The summed E-state index contributed by atoms with van der Waals surface area (Å²) in [6.45, 7) is 2.30. The van der Waals surface area contributed by atoms with E-state index >= 15 is 0 Å². The molecule has 0 fully saturated rings. The Morgan fingerprint density at radius 3 is 2.80 bits per heavy atom. The highest BCUT2D eigenvalue weighted by Gasteiger charge is 2.09. The molecule has 2 aromatic heterocycles. The molecule has 0 aliphatic rings. The topological polar surface area (TPSA) is 74.2 Å². The summed E-state index contributed by atoms with van der Waals surface area (Å²) in [7, 11) is 3.87. The molecule has 0 saturated carbocycles. The first-order chi connectivity index (χ1) is 9.58. The highest BCUT2D eigenvalue weighted by Crippen LogP contribution is 2.16. The second-order valence-corrected chi connectivity index (χ2v) is 4.78. The Morgan fingerprint density at radius 2 is 2.15 bits per heavy atom. The van der Waals surface area contributed by atoms with E-state index in [1.165, 1.54) is 0 Å². The smallest absolute Gasteiger partial charge is 0.224 e. The van der Waals surface area contributed by atoms with Crippen LogP contribution in [-0.4, -0.2) is 40.7 Å². The molecule has 0 aliphatic heterocycles. The van der Waals surface area contributed by atoms with Crippen molar-refractivity contribution in [2.75, 3.05) is 30.9 Å². The van der Waals surface area contributed by atoms with Gasteiger partial charge in [-0.15, -0.1) is 0 Å². The summed E-state index contributed by atoms with van der Waals surface area (Å²) in [6, 6.07) is 3.63. The predicted octanol–water partition coefficient (Wildman–Crippen LogP) is 1.39. The first kappa shape index (κ1) is 14.2. The molecule has 2 rings (SSSR count). The summed E-state index contributed by atoms with van der Waals surface area (Å²) in [5.41, 5.74) is 1.77. The largest absolute Gasteiger partial charge is 0.387 e. The molecule has 2 heterocycles.